The van der Waals surface area contributed by atoms with Crippen LogP contribution in [0.3, 0.4) is 0 Å². The summed E-state index contributed by atoms with van der Waals surface area (Å²) in [6, 6.07) is 7.93. The fourth-order valence-corrected chi connectivity index (χ4v) is 3.51. The van der Waals surface area contributed by atoms with E-state index in [1.807, 2.05) is 44.3 Å². The molecular formula is C21H26N6O. The molecule has 0 bridgehead atoms. The van der Waals surface area contributed by atoms with Crippen molar-refractivity contribution in [3.63, 3.8) is 0 Å². The third kappa shape index (κ3) is 3.93. The van der Waals surface area contributed by atoms with Crippen molar-refractivity contribution in [3.05, 3.63) is 41.9 Å². The number of piperidine rings is 1. The molecule has 7 heteroatoms. The summed E-state index contributed by atoms with van der Waals surface area (Å²) in [6.45, 7) is 6.03. The molecule has 4 rings (SSSR count). The van der Waals surface area contributed by atoms with E-state index in [-0.39, 0.29) is 0 Å². The van der Waals surface area contributed by atoms with Crippen LogP contribution in [0.5, 0.6) is 5.75 Å². The van der Waals surface area contributed by atoms with Gasteiger partial charge in [0.1, 0.15) is 17.4 Å². The van der Waals surface area contributed by atoms with Crippen LogP contribution in [0.15, 0.2) is 30.5 Å². The van der Waals surface area contributed by atoms with Gasteiger partial charge in [0.25, 0.3) is 0 Å². The van der Waals surface area contributed by atoms with Gasteiger partial charge in [-0.2, -0.15) is 4.98 Å². The normalized spacial score (nSPS) is 14.2. The number of rotatable bonds is 5. The number of hydrogen-bond donors (Lipinski definition) is 2. The average Bonchev–Trinajstić information content (AvgIpc) is 3.14. The predicted octanol–water partition coefficient (Wildman–Crippen LogP) is 4.23. The second-order valence-electron chi connectivity index (χ2n) is 7.20. The Labute approximate surface area is 165 Å². The van der Waals surface area contributed by atoms with Gasteiger partial charge in [-0.05, 0) is 45.2 Å². The first-order chi connectivity index (χ1) is 13.6. The molecule has 0 aliphatic carbocycles. The highest BCUT2D eigenvalue weighted by molar-refractivity contribution is 5.71. The number of ether oxygens (including phenoxy) is 1. The van der Waals surface area contributed by atoms with Gasteiger partial charge in [0.2, 0.25) is 5.95 Å². The van der Waals surface area contributed by atoms with Crippen LogP contribution in [0.25, 0.3) is 11.4 Å². The maximum Gasteiger partial charge on any atom is 0.227 e. The average molecular weight is 378 g/mol. The first kappa shape index (κ1) is 18.3. The van der Waals surface area contributed by atoms with E-state index in [2.05, 4.69) is 25.2 Å². The summed E-state index contributed by atoms with van der Waals surface area (Å²) < 4.78 is 5.59. The van der Waals surface area contributed by atoms with Gasteiger partial charge in [-0.3, -0.25) is 0 Å². The number of nitrogens with one attached hydrogen (secondary N) is 2. The minimum Gasteiger partial charge on any atom is -0.496 e. The molecule has 2 aromatic heterocycles. The van der Waals surface area contributed by atoms with Crippen LogP contribution < -0.4 is 15.0 Å². The monoisotopic (exact) mass is 378 g/mol. The van der Waals surface area contributed by atoms with E-state index in [0.29, 0.717) is 0 Å². The molecule has 1 fully saturated rings. The van der Waals surface area contributed by atoms with E-state index < -0.39 is 0 Å². The van der Waals surface area contributed by atoms with E-state index in [4.69, 9.17) is 9.72 Å². The number of nitrogens with zero attached hydrogens (tertiary/aromatic N) is 4. The molecular weight excluding hydrogens is 352 g/mol. The van der Waals surface area contributed by atoms with Crippen molar-refractivity contribution in [1.29, 1.82) is 0 Å². The number of aromatic amines is 1. The van der Waals surface area contributed by atoms with Crippen LogP contribution in [0.1, 0.15) is 30.7 Å². The highest BCUT2D eigenvalue weighted by Crippen LogP contribution is 2.32. The van der Waals surface area contributed by atoms with Gasteiger partial charge >= 0.3 is 0 Å². The lowest BCUT2D eigenvalue weighted by molar-refractivity contribution is 0.416. The number of aromatic nitrogens is 4. The summed E-state index contributed by atoms with van der Waals surface area (Å²) >= 11 is 0. The number of hydrogen-bond acceptors (Lipinski definition) is 6. The molecule has 0 spiro atoms. The van der Waals surface area contributed by atoms with E-state index in [9.17, 15) is 0 Å². The Morgan fingerprint density at radius 3 is 2.61 bits per heavy atom. The van der Waals surface area contributed by atoms with Crippen molar-refractivity contribution in [2.24, 2.45) is 0 Å². The summed E-state index contributed by atoms with van der Waals surface area (Å²) in [4.78, 5) is 19.3. The molecule has 7 nitrogen and oxygen atoms in total. The van der Waals surface area contributed by atoms with Gasteiger partial charge in [-0.25, -0.2) is 9.97 Å². The third-order valence-electron chi connectivity index (χ3n) is 4.91. The lowest BCUT2D eigenvalue weighted by Gasteiger charge is -2.27. The van der Waals surface area contributed by atoms with Gasteiger partial charge in [-0.1, -0.05) is 0 Å². The number of benzene rings is 1. The van der Waals surface area contributed by atoms with E-state index in [1.54, 1.807) is 7.11 Å². The standard InChI is InChI=1S/C21H26N6O/c1-14-11-19(26-21(24-14)27-9-5-4-6-10-27)25-16-7-8-17(18(12-16)28-3)20-22-13-15(2)23-20/h7-8,11-13H,4-6,9-10H2,1-3H3,(H,22,23)(H,24,25,26). The summed E-state index contributed by atoms with van der Waals surface area (Å²) in [5.41, 5.74) is 3.80. The zero-order valence-electron chi connectivity index (χ0n) is 16.6. The Kier molecular flexibility index (Phi) is 5.14. The summed E-state index contributed by atoms with van der Waals surface area (Å²) in [7, 11) is 1.67. The van der Waals surface area contributed by atoms with Crippen LogP contribution in [0.4, 0.5) is 17.5 Å². The predicted molar refractivity (Wildman–Crippen MR) is 111 cm³/mol. The Morgan fingerprint density at radius 2 is 1.89 bits per heavy atom. The molecule has 0 saturated carbocycles. The zero-order valence-corrected chi connectivity index (χ0v) is 16.6. The molecule has 146 valence electrons. The number of aryl methyl sites for hydroxylation is 2. The molecule has 0 amide bonds. The van der Waals surface area contributed by atoms with E-state index >= 15 is 0 Å². The van der Waals surface area contributed by atoms with Crippen molar-refractivity contribution >= 4 is 17.5 Å². The first-order valence-electron chi connectivity index (χ1n) is 9.70. The Bertz CT molecular complexity index is 961. The lowest BCUT2D eigenvalue weighted by atomic mass is 10.1. The minimum absolute atomic E-state index is 0.751. The molecule has 2 N–H and O–H groups in total. The first-order valence-corrected chi connectivity index (χ1v) is 9.70. The molecule has 0 radical (unpaired) electrons. The van der Waals surface area contributed by atoms with Crippen molar-refractivity contribution in [2.45, 2.75) is 33.1 Å². The number of anilines is 3. The maximum absolute atomic E-state index is 5.59. The highest BCUT2D eigenvalue weighted by Gasteiger charge is 2.15. The van der Waals surface area contributed by atoms with Gasteiger partial charge in [0, 0.05) is 48.5 Å². The van der Waals surface area contributed by atoms with Crippen molar-refractivity contribution in [2.75, 3.05) is 30.4 Å². The SMILES string of the molecule is COc1cc(Nc2cc(C)nc(N3CCCCC3)n2)ccc1-c1ncc(C)[nH]1. The molecule has 0 atom stereocenters. The molecule has 1 aromatic carbocycles. The van der Waals surface area contributed by atoms with Crippen molar-refractivity contribution in [1.82, 2.24) is 19.9 Å². The maximum atomic E-state index is 5.59. The van der Waals surface area contributed by atoms with Gasteiger partial charge < -0.3 is 19.9 Å². The van der Waals surface area contributed by atoms with Gasteiger partial charge in [-0.15, -0.1) is 0 Å². The second-order valence-corrected chi connectivity index (χ2v) is 7.20. The van der Waals surface area contributed by atoms with Gasteiger partial charge in [0.15, 0.2) is 0 Å². The molecule has 0 unspecified atom stereocenters. The lowest BCUT2D eigenvalue weighted by Crippen LogP contribution is -2.31. The van der Waals surface area contributed by atoms with Crippen LogP contribution in [0, 0.1) is 13.8 Å². The largest absolute Gasteiger partial charge is 0.496 e. The van der Waals surface area contributed by atoms with Crippen LogP contribution in [-0.2, 0) is 0 Å². The molecule has 1 saturated heterocycles. The summed E-state index contributed by atoms with van der Waals surface area (Å²) in [5.74, 6) is 3.14. The number of H-pyrrole nitrogens is 1. The smallest absolute Gasteiger partial charge is 0.227 e. The molecule has 3 heterocycles. The molecule has 1 aliphatic rings. The highest BCUT2D eigenvalue weighted by atomic mass is 16.5. The van der Waals surface area contributed by atoms with Crippen molar-refractivity contribution in [3.8, 4) is 17.1 Å². The Hall–Kier alpha value is -3.09. The van der Waals surface area contributed by atoms with Crippen molar-refractivity contribution < 1.29 is 4.74 Å². The van der Waals surface area contributed by atoms with Crippen LogP contribution in [0.2, 0.25) is 0 Å². The van der Waals surface area contributed by atoms with Crippen LogP contribution in [-0.4, -0.2) is 40.1 Å². The minimum atomic E-state index is 0.751. The third-order valence-corrected chi connectivity index (χ3v) is 4.91. The summed E-state index contributed by atoms with van der Waals surface area (Å²) in [6.07, 6.45) is 5.50. The molecule has 3 aromatic rings. The molecule has 28 heavy (non-hydrogen) atoms. The van der Waals surface area contributed by atoms with E-state index in [1.165, 1.54) is 19.3 Å². The Morgan fingerprint density at radius 1 is 1.07 bits per heavy atom. The van der Waals surface area contributed by atoms with E-state index in [0.717, 1.165) is 59.1 Å². The second kappa shape index (κ2) is 7.88. The quantitative estimate of drug-likeness (QED) is 0.692. The fourth-order valence-electron chi connectivity index (χ4n) is 3.51. The topological polar surface area (TPSA) is 79.0 Å². The Balaban J connectivity index is 1.59. The number of imidazole rings is 1. The fraction of sp³-hybridized carbons (Fsp3) is 0.381. The zero-order chi connectivity index (χ0) is 19.5. The molecule has 1 aliphatic heterocycles. The summed E-state index contributed by atoms with van der Waals surface area (Å²) in [5, 5.41) is 3.39. The number of methoxy groups -OCH3 is 1. The van der Waals surface area contributed by atoms with Gasteiger partial charge in [0.05, 0.1) is 12.7 Å². The van der Waals surface area contributed by atoms with Crippen LogP contribution >= 0.6 is 0 Å².